The molecule has 0 aliphatic carbocycles. The zero-order valence-corrected chi connectivity index (χ0v) is 12.0. The third kappa shape index (κ3) is 5.12. The van der Waals surface area contributed by atoms with Crippen LogP contribution in [0.3, 0.4) is 0 Å². The van der Waals surface area contributed by atoms with Crippen LogP contribution in [0.25, 0.3) is 0 Å². The predicted octanol–water partition coefficient (Wildman–Crippen LogP) is 5.30. The average Bonchev–Trinajstić information content (AvgIpc) is 2.37. The van der Waals surface area contributed by atoms with Gasteiger partial charge in [-0.3, -0.25) is 4.79 Å². The van der Waals surface area contributed by atoms with Crippen LogP contribution in [0.15, 0.2) is 12.1 Å². The number of aromatic nitrogens is 1. The Hall–Kier alpha value is -1.10. The Kier molecular flexibility index (Phi) is 6.46. The number of carbonyl (C=O) groups is 1. The van der Waals surface area contributed by atoms with E-state index in [0.717, 1.165) is 44.2 Å². The van der Waals surface area contributed by atoms with Crippen LogP contribution in [0.2, 0.25) is 5.15 Å². The first kappa shape index (κ1) is 17.0. The molecule has 0 saturated heterocycles. The van der Waals surface area contributed by atoms with E-state index in [9.17, 15) is 18.0 Å². The molecule has 1 aromatic heterocycles. The van der Waals surface area contributed by atoms with Crippen LogP contribution >= 0.6 is 11.6 Å². The normalized spacial score (nSPS) is 11.7. The SMILES string of the molecule is CCCCCCCC(=O)c1ccc(C(F)(F)F)nc1Cl. The number of ketones is 1. The van der Waals surface area contributed by atoms with Crippen molar-refractivity contribution >= 4 is 17.4 Å². The fraction of sp³-hybridized carbons (Fsp3) is 0.571. The summed E-state index contributed by atoms with van der Waals surface area (Å²) in [4.78, 5) is 15.1. The number of pyridine rings is 1. The first-order chi connectivity index (χ1) is 9.36. The van der Waals surface area contributed by atoms with E-state index in [1.165, 1.54) is 0 Å². The van der Waals surface area contributed by atoms with Crippen LogP contribution < -0.4 is 0 Å². The second kappa shape index (κ2) is 7.62. The zero-order chi connectivity index (χ0) is 15.2. The van der Waals surface area contributed by atoms with Gasteiger partial charge in [-0.1, -0.05) is 44.2 Å². The second-order valence-electron chi connectivity index (χ2n) is 4.62. The van der Waals surface area contributed by atoms with Gasteiger partial charge in [-0.2, -0.15) is 13.2 Å². The maximum absolute atomic E-state index is 12.4. The van der Waals surface area contributed by atoms with Gasteiger partial charge in [0.25, 0.3) is 0 Å². The molecule has 0 N–H and O–H groups in total. The lowest BCUT2D eigenvalue weighted by molar-refractivity contribution is -0.141. The smallest absolute Gasteiger partial charge is 0.294 e. The van der Waals surface area contributed by atoms with Gasteiger partial charge >= 0.3 is 6.18 Å². The van der Waals surface area contributed by atoms with Crippen molar-refractivity contribution in [1.29, 1.82) is 0 Å². The minimum absolute atomic E-state index is 0.0650. The second-order valence-corrected chi connectivity index (χ2v) is 4.98. The molecule has 0 aliphatic rings. The minimum atomic E-state index is -4.55. The highest BCUT2D eigenvalue weighted by atomic mass is 35.5. The van der Waals surface area contributed by atoms with Gasteiger partial charge in [0.05, 0.1) is 5.56 Å². The number of unbranched alkanes of at least 4 members (excludes halogenated alkanes) is 4. The molecule has 0 saturated carbocycles. The maximum atomic E-state index is 12.4. The monoisotopic (exact) mass is 307 g/mol. The Morgan fingerprint density at radius 3 is 2.40 bits per heavy atom. The molecule has 20 heavy (non-hydrogen) atoms. The van der Waals surface area contributed by atoms with Crippen molar-refractivity contribution in [1.82, 2.24) is 4.98 Å². The zero-order valence-electron chi connectivity index (χ0n) is 11.3. The molecule has 1 heterocycles. The molecule has 0 bridgehead atoms. The third-order valence-electron chi connectivity index (χ3n) is 2.95. The van der Waals surface area contributed by atoms with E-state index in [-0.39, 0.29) is 22.9 Å². The van der Waals surface area contributed by atoms with E-state index in [2.05, 4.69) is 11.9 Å². The Labute approximate surface area is 121 Å². The molecular weight excluding hydrogens is 291 g/mol. The summed E-state index contributed by atoms with van der Waals surface area (Å²) in [6.45, 7) is 2.10. The topological polar surface area (TPSA) is 30.0 Å². The van der Waals surface area contributed by atoms with Crippen molar-refractivity contribution in [2.45, 2.75) is 51.6 Å². The van der Waals surface area contributed by atoms with Crippen molar-refractivity contribution in [2.75, 3.05) is 0 Å². The average molecular weight is 308 g/mol. The van der Waals surface area contributed by atoms with E-state index in [1.54, 1.807) is 0 Å². The quantitative estimate of drug-likeness (QED) is 0.389. The fourth-order valence-electron chi connectivity index (χ4n) is 1.82. The van der Waals surface area contributed by atoms with Gasteiger partial charge in [-0.05, 0) is 18.6 Å². The summed E-state index contributed by atoms with van der Waals surface area (Å²) < 4.78 is 37.2. The van der Waals surface area contributed by atoms with Crippen LogP contribution in [0.1, 0.15) is 61.5 Å². The Balaban J connectivity index is 2.61. The van der Waals surface area contributed by atoms with Crippen LogP contribution in [0.5, 0.6) is 0 Å². The van der Waals surface area contributed by atoms with Gasteiger partial charge in [0.15, 0.2) is 5.78 Å². The Morgan fingerprint density at radius 1 is 1.20 bits per heavy atom. The molecule has 0 atom stereocenters. The number of carbonyl (C=O) groups excluding carboxylic acids is 1. The van der Waals surface area contributed by atoms with Gasteiger partial charge in [-0.15, -0.1) is 0 Å². The lowest BCUT2D eigenvalue weighted by Gasteiger charge is -2.08. The number of nitrogens with zero attached hydrogens (tertiary/aromatic N) is 1. The highest BCUT2D eigenvalue weighted by molar-refractivity contribution is 6.32. The molecule has 0 radical (unpaired) electrons. The third-order valence-corrected chi connectivity index (χ3v) is 3.24. The molecule has 112 valence electrons. The van der Waals surface area contributed by atoms with E-state index in [0.29, 0.717) is 0 Å². The number of rotatable bonds is 7. The molecule has 2 nitrogen and oxygen atoms in total. The summed E-state index contributed by atoms with van der Waals surface area (Å²) in [6.07, 6.45) is 0.686. The summed E-state index contributed by atoms with van der Waals surface area (Å²) in [7, 11) is 0. The van der Waals surface area contributed by atoms with Crippen molar-refractivity contribution in [3.8, 4) is 0 Å². The molecule has 0 amide bonds. The molecule has 0 aliphatic heterocycles. The lowest BCUT2D eigenvalue weighted by Crippen LogP contribution is -2.10. The molecule has 1 aromatic rings. The molecule has 0 spiro atoms. The van der Waals surface area contributed by atoms with Crippen molar-refractivity contribution < 1.29 is 18.0 Å². The van der Waals surface area contributed by atoms with E-state index < -0.39 is 11.9 Å². The molecular formula is C14H17ClF3NO. The first-order valence-corrected chi connectivity index (χ1v) is 7.01. The summed E-state index contributed by atoms with van der Waals surface area (Å²) >= 11 is 5.66. The highest BCUT2D eigenvalue weighted by Gasteiger charge is 2.33. The standard InChI is InChI=1S/C14H17ClF3NO/c1-2-3-4-5-6-7-11(20)10-8-9-12(14(16,17)18)19-13(10)15/h8-9H,2-7H2,1H3. The molecule has 1 rings (SSSR count). The van der Waals surface area contributed by atoms with Gasteiger partial charge in [0.1, 0.15) is 10.8 Å². The molecule has 0 aromatic carbocycles. The number of alkyl halides is 3. The fourth-order valence-corrected chi connectivity index (χ4v) is 2.08. The van der Waals surface area contributed by atoms with Crippen LogP contribution in [0.4, 0.5) is 13.2 Å². The Bertz CT molecular complexity index is 460. The number of hydrogen-bond acceptors (Lipinski definition) is 2. The summed E-state index contributed by atoms with van der Waals surface area (Å²) in [5, 5.41) is -0.376. The number of halogens is 4. The summed E-state index contributed by atoms with van der Waals surface area (Å²) in [6, 6.07) is 1.89. The summed E-state index contributed by atoms with van der Waals surface area (Å²) in [5.74, 6) is -0.257. The summed E-state index contributed by atoms with van der Waals surface area (Å²) in [5.41, 5.74) is -1.02. The number of hydrogen-bond donors (Lipinski definition) is 0. The van der Waals surface area contributed by atoms with Gasteiger partial charge in [-0.25, -0.2) is 4.98 Å². The molecule has 0 unspecified atom stereocenters. The van der Waals surface area contributed by atoms with Crippen molar-refractivity contribution in [3.05, 3.63) is 28.5 Å². The van der Waals surface area contributed by atoms with E-state index >= 15 is 0 Å². The number of Topliss-reactive ketones (excluding diaryl/α,β-unsaturated/α-hetero) is 1. The van der Waals surface area contributed by atoms with Crippen molar-refractivity contribution in [2.24, 2.45) is 0 Å². The van der Waals surface area contributed by atoms with Crippen LogP contribution in [-0.2, 0) is 6.18 Å². The first-order valence-electron chi connectivity index (χ1n) is 6.63. The molecule has 0 fully saturated rings. The van der Waals surface area contributed by atoms with Gasteiger partial charge in [0, 0.05) is 6.42 Å². The highest BCUT2D eigenvalue weighted by Crippen LogP contribution is 2.29. The Morgan fingerprint density at radius 2 is 1.85 bits per heavy atom. The largest absolute Gasteiger partial charge is 0.433 e. The minimum Gasteiger partial charge on any atom is -0.294 e. The van der Waals surface area contributed by atoms with Gasteiger partial charge < -0.3 is 0 Å². The predicted molar refractivity (Wildman–Crippen MR) is 72.0 cm³/mol. The van der Waals surface area contributed by atoms with E-state index in [4.69, 9.17) is 11.6 Å². The maximum Gasteiger partial charge on any atom is 0.433 e. The van der Waals surface area contributed by atoms with Crippen LogP contribution in [0, 0.1) is 0 Å². The van der Waals surface area contributed by atoms with E-state index in [1.807, 2.05) is 0 Å². The molecule has 6 heteroatoms. The van der Waals surface area contributed by atoms with Gasteiger partial charge in [0.2, 0.25) is 0 Å². The van der Waals surface area contributed by atoms with Crippen molar-refractivity contribution in [3.63, 3.8) is 0 Å². The van der Waals surface area contributed by atoms with Crippen LogP contribution in [-0.4, -0.2) is 10.8 Å². The lowest BCUT2D eigenvalue weighted by atomic mass is 10.0.